The van der Waals surface area contributed by atoms with Crippen LogP contribution in [0.2, 0.25) is 0 Å². The van der Waals surface area contributed by atoms with Gasteiger partial charge in [0.25, 0.3) is 0 Å². The molecule has 48 valence electrons. The molecule has 1 rings (SSSR count). The van der Waals surface area contributed by atoms with E-state index >= 15 is 0 Å². The smallest absolute Gasteiger partial charge is 0.303 e. The maximum atomic E-state index is 10.1. The van der Waals surface area contributed by atoms with Crippen molar-refractivity contribution in [2.45, 2.75) is 6.23 Å². The van der Waals surface area contributed by atoms with E-state index in [1.165, 1.54) is 0 Å². The Morgan fingerprint density at radius 2 is 2.25 bits per heavy atom. The Morgan fingerprint density at radius 3 is 2.38 bits per heavy atom. The van der Waals surface area contributed by atoms with Crippen LogP contribution in [0.3, 0.4) is 0 Å². The molecule has 1 unspecified atom stereocenters. The molecule has 6 heteroatoms. The van der Waals surface area contributed by atoms with E-state index in [2.05, 4.69) is 8.37 Å². The van der Waals surface area contributed by atoms with Crippen LogP contribution in [0.5, 0.6) is 0 Å². The van der Waals surface area contributed by atoms with Crippen molar-refractivity contribution in [2.24, 2.45) is 5.73 Å². The molecule has 1 atom stereocenters. The number of nitrogens with two attached hydrogens (primary N) is 1. The molecule has 1 heterocycles. The van der Waals surface area contributed by atoms with Gasteiger partial charge in [-0.1, -0.05) is 0 Å². The highest BCUT2D eigenvalue weighted by Gasteiger charge is 2.26. The van der Waals surface area contributed by atoms with Crippen LogP contribution in [-0.4, -0.2) is 21.3 Å². The van der Waals surface area contributed by atoms with E-state index in [-0.39, 0.29) is 6.61 Å². The largest absolute Gasteiger partial charge is 0.401 e. The molecule has 0 aliphatic carbocycles. The standard InChI is InChI=1S/C2H5NO4S/c3-2-1-6-8(4,5)7-2/h2H,1,3H2. The fourth-order valence-corrected chi connectivity index (χ4v) is 1.07. The van der Waals surface area contributed by atoms with Crippen LogP contribution in [0, 0.1) is 0 Å². The third-order valence-electron chi connectivity index (χ3n) is 0.618. The van der Waals surface area contributed by atoms with Gasteiger partial charge in [0.15, 0.2) is 6.23 Å². The quantitative estimate of drug-likeness (QED) is 0.444. The first-order valence-corrected chi connectivity index (χ1v) is 3.27. The summed E-state index contributed by atoms with van der Waals surface area (Å²) in [6, 6.07) is 0. The zero-order valence-corrected chi connectivity index (χ0v) is 4.72. The van der Waals surface area contributed by atoms with Crippen molar-refractivity contribution in [3.8, 4) is 0 Å². The predicted octanol–water partition coefficient (Wildman–Crippen LogP) is -1.44. The second kappa shape index (κ2) is 1.66. The van der Waals surface area contributed by atoms with E-state index in [1.807, 2.05) is 0 Å². The summed E-state index contributed by atoms with van der Waals surface area (Å²) in [6.07, 6.45) is -0.819. The van der Waals surface area contributed by atoms with Crippen molar-refractivity contribution in [1.82, 2.24) is 0 Å². The van der Waals surface area contributed by atoms with E-state index in [9.17, 15) is 8.42 Å². The van der Waals surface area contributed by atoms with E-state index in [0.29, 0.717) is 0 Å². The zero-order chi connectivity index (χ0) is 6.20. The molecule has 0 aromatic rings. The van der Waals surface area contributed by atoms with Crippen LogP contribution in [-0.2, 0) is 18.8 Å². The molecule has 1 fully saturated rings. The summed E-state index contributed by atoms with van der Waals surface area (Å²) < 4.78 is 28.4. The van der Waals surface area contributed by atoms with Gasteiger partial charge in [0.1, 0.15) is 6.61 Å². The first-order chi connectivity index (χ1) is 3.60. The summed E-state index contributed by atoms with van der Waals surface area (Å²) in [7, 11) is -3.72. The lowest BCUT2D eigenvalue weighted by atomic mass is 10.7. The van der Waals surface area contributed by atoms with Gasteiger partial charge in [0.2, 0.25) is 0 Å². The lowest BCUT2D eigenvalue weighted by Gasteiger charge is -1.90. The Balaban J connectivity index is 2.71. The van der Waals surface area contributed by atoms with Gasteiger partial charge >= 0.3 is 10.4 Å². The van der Waals surface area contributed by atoms with Crippen molar-refractivity contribution in [3.05, 3.63) is 0 Å². The number of hydrogen-bond donors (Lipinski definition) is 1. The van der Waals surface area contributed by atoms with Gasteiger partial charge in [-0.2, -0.15) is 8.42 Å². The highest BCUT2D eigenvalue weighted by atomic mass is 32.3. The van der Waals surface area contributed by atoms with Crippen LogP contribution >= 0.6 is 0 Å². The molecule has 5 nitrogen and oxygen atoms in total. The molecular weight excluding hydrogens is 134 g/mol. The number of rotatable bonds is 0. The molecule has 0 bridgehead atoms. The Kier molecular flexibility index (Phi) is 1.24. The van der Waals surface area contributed by atoms with Gasteiger partial charge in [0, 0.05) is 0 Å². The van der Waals surface area contributed by atoms with E-state index in [4.69, 9.17) is 5.73 Å². The summed E-state index contributed by atoms with van der Waals surface area (Å²) in [5, 5.41) is 0. The van der Waals surface area contributed by atoms with Gasteiger partial charge in [-0.25, -0.2) is 8.37 Å². The second-order valence-electron chi connectivity index (χ2n) is 1.33. The maximum Gasteiger partial charge on any atom is 0.401 e. The van der Waals surface area contributed by atoms with Gasteiger partial charge in [-0.05, 0) is 0 Å². The lowest BCUT2D eigenvalue weighted by molar-refractivity contribution is 0.245. The Bertz CT molecular complexity index is 172. The molecule has 2 N–H and O–H groups in total. The Labute approximate surface area is 46.7 Å². The van der Waals surface area contributed by atoms with Crippen molar-refractivity contribution in [3.63, 3.8) is 0 Å². The van der Waals surface area contributed by atoms with Gasteiger partial charge in [0.05, 0.1) is 0 Å². The average molecular weight is 139 g/mol. The molecule has 8 heavy (non-hydrogen) atoms. The van der Waals surface area contributed by atoms with Gasteiger partial charge in [-0.3, -0.25) is 0 Å². The molecular formula is C2H5NO4S. The van der Waals surface area contributed by atoms with Crippen molar-refractivity contribution < 1.29 is 16.8 Å². The Morgan fingerprint density at radius 1 is 1.62 bits per heavy atom. The minimum absolute atomic E-state index is 0.0810. The van der Waals surface area contributed by atoms with E-state index in [0.717, 1.165) is 0 Å². The summed E-state index contributed by atoms with van der Waals surface area (Å²) in [5.74, 6) is 0. The SMILES string of the molecule is NC1COS(=O)(=O)O1. The first-order valence-electron chi connectivity index (χ1n) is 1.93. The minimum Gasteiger partial charge on any atom is -0.303 e. The van der Waals surface area contributed by atoms with Crippen LogP contribution in [0.4, 0.5) is 0 Å². The maximum absolute atomic E-state index is 10.1. The highest BCUT2D eigenvalue weighted by Crippen LogP contribution is 2.06. The first kappa shape index (κ1) is 5.96. The fraction of sp³-hybridized carbons (Fsp3) is 1.00. The number of hydrogen-bond acceptors (Lipinski definition) is 5. The summed E-state index contributed by atoms with van der Waals surface area (Å²) >= 11 is 0. The molecule has 0 radical (unpaired) electrons. The molecule has 0 saturated carbocycles. The fourth-order valence-electron chi connectivity index (χ4n) is 0.357. The van der Waals surface area contributed by atoms with E-state index < -0.39 is 16.6 Å². The zero-order valence-electron chi connectivity index (χ0n) is 3.90. The molecule has 1 saturated heterocycles. The van der Waals surface area contributed by atoms with Crippen LogP contribution in [0.1, 0.15) is 0 Å². The van der Waals surface area contributed by atoms with Crippen molar-refractivity contribution in [2.75, 3.05) is 6.61 Å². The van der Waals surface area contributed by atoms with Gasteiger partial charge < -0.3 is 5.73 Å². The van der Waals surface area contributed by atoms with Crippen molar-refractivity contribution >= 4 is 10.4 Å². The molecule has 0 aromatic carbocycles. The second-order valence-corrected chi connectivity index (χ2v) is 2.57. The average Bonchev–Trinajstić information content (AvgIpc) is 1.82. The van der Waals surface area contributed by atoms with Crippen LogP contribution in [0.15, 0.2) is 0 Å². The summed E-state index contributed by atoms with van der Waals surface area (Å²) in [4.78, 5) is 0. The summed E-state index contributed by atoms with van der Waals surface area (Å²) in [6.45, 7) is -0.0810. The van der Waals surface area contributed by atoms with Crippen molar-refractivity contribution in [1.29, 1.82) is 0 Å². The molecule has 1 aliphatic rings. The topological polar surface area (TPSA) is 78.6 Å². The third-order valence-corrected chi connectivity index (χ3v) is 1.53. The normalized spacial score (nSPS) is 35.4. The minimum atomic E-state index is -3.72. The van der Waals surface area contributed by atoms with Gasteiger partial charge in [-0.15, -0.1) is 0 Å². The summed E-state index contributed by atoms with van der Waals surface area (Å²) in [5.41, 5.74) is 4.98. The molecule has 0 aromatic heterocycles. The molecule has 1 aliphatic heterocycles. The highest BCUT2D eigenvalue weighted by molar-refractivity contribution is 7.82. The molecule has 0 spiro atoms. The Hall–Kier alpha value is -0.170. The molecule has 0 amide bonds. The lowest BCUT2D eigenvalue weighted by Crippen LogP contribution is -2.21. The van der Waals surface area contributed by atoms with E-state index in [1.54, 1.807) is 0 Å². The predicted molar refractivity (Wildman–Crippen MR) is 23.9 cm³/mol. The van der Waals surface area contributed by atoms with Crippen LogP contribution in [0.25, 0.3) is 0 Å². The van der Waals surface area contributed by atoms with Crippen LogP contribution < -0.4 is 5.73 Å². The third kappa shape index (κ3) is 1.16. The monoisotopic (exact) mass is 139 g/mol.